The average molecular weight is 603 g/mol. The number of carbonyl (C=O) groups is 1. The SMILES string of the molecule is CS(=O)(=O)NCc1csc2c1S(=O)(=O)N=C(C1=C(O)[C@H]3CCCC[C@H]3N(Cc3ccc(F)cc3Cl)C1=O)N2. The molecule has 0 saturated heterocycles. The minimum Gasteiger partial charge on any atom is -0.511 e. The molecule has 1 saturated carbocycles. The third kappa shape index (κ3) is 5.07. The fraction of sp³-hybridized carbons (Fsp3) is 0.391. The molecule has 0 spiro atoms. The average Bonchev–Trinajstić information content (AvgIpc) is 3.25. The predicted molar refractivity (Wildman–Crippen MR) is 142 cm³/mol. The molecule has 3 heterocycles. The van der Waals surface area contributed by atoms with Gasteiger partial charge in [-0.05, 0) is 35.9 Å². The molecule has 0 bridgehead atoms. The number of anilines is 1. The smallest absolute Gasteiger partial charge is 0.287 e. The first-order valence-electron chi connectivity index (χ1n) is 11.7. The molecule has 10 nitrogen and oxygen atoms in total. The van der Waals surface area contributed by atoms with Crippen molar-refractivity contribution in [3.05, 3.63) is 56.9 Å². The Balaban J connectivity index is 1.53. The Bertz CT molecular complexity index is 1600. The van der Waals surface area contributed by atoms with Gasteiger partial charge in [0, 0.05) is 35.6 Å². The predicted octanol–water partition coefficient (Wildman–Crippen LogP) is 3.52. The molecule has 15 heteroatoms. The first kappa shape index (κ1) is 27.1. The Hall–Kier alpha value is -2.52. The second-order valence-corrected chi connectivity index (χ2v) is 14.1. The number of aliphatic hydroxyl groups is 1. The Labute approximate surface area is 228 Å². The molecule has 2 aliphatic heterocycles. The van der Waals surface area contributed by atoms with Crippen LogP contribution in [-0.4, -0.2) is 50.9 Å². The maximum atomic E-state index is 13.8. The van der Waals surface area contributed by atoms with Crippen molar-refractivity contribution >= 4 is 59.7 Å². The van der Waals surface area contributed by atoms with E-state index in [1.807, 2.05) is 0 Å². The van der Waals surface area contributed by atoms with Crippen molar-refractivity contribution in [1.29, 1.82) is 0 Å². The van der Waals surface area contributed by atoms with Gasteiger partial charge in [-0.15, -0.1) is 15.7 Å². The largest absolute Gasteiger partial charge is 0.511 e. The summed E-state index contributed by atoms with van der Waals surface area (Å²) in [4.78, 5) is 15.2. The van der Waals surface area contributed by atoms with E-state index in [0.717, 1.165) is 36.5 Å². The molecule has 2 aromatic rings. The first-order valence-corrected chi connectivity index (χ1v) is 16.3. The van der Waals surface area contributed by atoms with Crippen LogP contribution in [0.2, 0.25) is 5.02 Å². The zero-order valence-electron chi connectivity index (χ0n) is 20.1. The lowest BCUT2D eigenvalue weighted by molar-refractivity contribution is -0.133. The Kier molecular flexibility index (Phi) is 7.05. The Morgan fingerprint density at radius 1 is 1.29 bits per heavy atom. The van der Waals surface area contributed by atoms with Gasteiger partial charge in [-0.3, -0.25) is 4.79 Å². The number of hydrogen-bond acceptors (Lipinski definition) is 8. The van der Waals surface area contributed by atoms with E-state index in [0.29, 0.717) is 18.4 Å². The van der Waals surface area contributed by atoms with E-state index in [4.69, 9.17) is 11.6 Å². The van der Waals surface area contributed by atoms with Gasteiger partial charge in [0.05, 0.1) is 6.26 Å². The summed E-state index contributed by atoms with van der Waals surface area (Å²) in [5, 5.41) is 15.9. The Morgan fingerprint density at radius 2 is 2.03 bits per heavy atom. The van der Waals surface area contributed by atoms with Crippen molar-refractivity contribution < 1.29 is 31.1 Å². The molecule has 3 N–H and O–H groups in total. The van der Waals surface area contributed by atoms with E-state index < -0.39 is 37.7 Å². The summed E-state index contributed by atoms with van der Waals surface area (Å²) in [6.07, 6.45) is 3.86. The van der Waals surface area contributed by atoms with Crippen molar-refractivity contribution in [3.63, 3.8) is 0 Å². The van der Waals surface area contributed by atoms with Crippen LogP contribution in [0.4, 0.5) is 9.39 Å². The van der Waals surface area contributed by atoms with Crippen molar-refractivity contribution in [2.24, 2.45) is 10.3 Å². The number of nitrogens with zero attached hydrogens (tertiary/aromatic N) is 2. The number of amidine groups is 1. The number of halogens is 2. The maximum absolute atomic E-state index is 13.8. The van der Waals surface area contributed by atoms with Crippen LogP contribution in [0.1, 0.15) is 36.8 Å². The number of sulfonamides is 2. The molecule has 1 fully saturated rings. The summed E-state index contributed by atoms with van der Waals surface area (Å²) in [6.45, 7) is -0.208. The van der Waals surface area contributed by atoms with E-state index in [9.17, 15) is 31.1 Å². The minimum atomic E-state index is -4.34. The quantitative estimate of drug-likeness (QED) is 0.459. The van der Waals surface area contributed by atoms with E-state index >= 15 is 0 Å². The normalized spacial score (nSPS) is 23.0. The zero-order valence-corrected chi connectivity index (χ0v) is 23.3. The van der Waals surface area contributed by atoms with E-state index in [2.05, 4.69) is 14.4 Å². The molecular formula is C23H24ClFN4O6S3. The van der Waals surface area contributed by atoms with Crippen LogP contribution in [-0.2, 0) is 37.9 Å². The van der Waals surface area contributed by atoms with Gasteiger partial charge >= 0.3 is 0 Å². The third-order valence-corrected chi connectivity index (χ3v) is 10.3. The summed E-state index contributed by atoms with van der Waals surface area (Å²) < 4.78 is 69.1. The number of rotatable bonds is 6. The highest BCUT2D eigenvalue weighted by Crippen LogP contribution is 2.42. The molecule has 1 aliphatic carbocycles. The molecule has 1 amide bonds. The second-order valence-electron chi connectivity index (χ2n) is 9.44. The molecule has 204 valence electrons. The van der Waals surface area contributed by atoms with Crippen molar-refractivity contribution in [1.82, 2.24) is 9.62 Å². The van der Waals surface area contributed by atoms with Gasteiger partial charge in [-0.25, -0.2) is 17.5 Å². The van der Waals surface area contributed by atoms with Crippen LogP contribution in [0.25, 0.3) is 0 Å². The van der Waals surface area contributed by atoms with Gasteiger partial charge in [-0.2, -0.15) is 8.42 Å². The lowest BCUT2D eigenvalue weighted by Crippen LogP contribution is -2.52. The van der Waals surface area contributed by atoms with Gasteiger partial charge < -0.3 is 15.3 Å². The first-order chi connectivity index (χ1) is 17.9. The summed E-state index contributed by atoms with van der Waals surface area (Å²) in [7, 11) is -7.91. The fourth-order valence-electron chi connectivity index (χ4n) is 5.12. The van der Waals surface area contributed by atoms with Crippen LogP contribution in [0.3, 0.4) is 0 Å². The highest BCUT2D eigenvalue weighted by Gasteiger charge is 2.46. The number of aliphatic hydroxyl groups excluding tert-OH is 1. The summed E-state index contributed by atoms with van der Waals surface area (Å²) >= 11 is 7.26. The number of nitrogens with one attached hydrogen (secondary N) is 2. The monoisotopic (exact) mass is 602 g/mol. The number of fused-ring (bicyclic) bond motifs is 2. The number of benzene rings is 1. The molecule has 5 rings (SSSR count). The molecule has 0 radical (unpaired) electrons. The maximum Gasteiger partial charge on any atom is 0.287 e. The summed E-state index contributed by atoms with van der Waals surface area (Å²) in [5.74, 6) is -2.08. The molecule has 38 heavy (non-hydrogen) atoms. The standard InChI is InChI=1S/C23H24ClFN4O6S3/c1-37(32,33)26-9-13-11-36-22-20(13)38(34,35)28-21(27-22)18-19(30)15-4-2-3-5-17(15)29(23(18)31)10-12-6-7-14(25)8-16(12)24/h6-8,11,15,17,26,30H,2-5,9-10H2,1H3,(H,27,28)/t15-,17+/m0/s1. The minimum absolute atomic E-state index is 0.0431. The third-order valence-electron chi connectivity index (χ3n) is 6.85. The molecule has 0 unspecified atom stereocenters. The van der Waals surface area contributed by atoms with E-state index in [1.54, 1.807) is 4.90 Å². The van der Waals surface area contributed by atoms with Crippen LogP contribution >= 0.6 is 22.9 Å². The lowest BCUT2D eigenvalue weighted by Gasteiger charge is -2.44. The van der Waals surface area contributed by atoms with Gasteiger partial charge in [0.15, 0.2) is 5.84 Å². The summed E-state index contributed by atoms with van der Waals surface area (Å²) in [6, 6.07) is 3.56. The van der Waals surface area contributed by atoms with Gasteiger partial charge in [0.1, 0.15) is 27.0 Å². The van der Waals surface area contributed by atoms with Crippen molar-refractivity contribution in [2.75, 3.05) is 11.6 Å². The van der Waals surface area contributed by atoms with Crippen LogP contribution in [0.5, 0.6) is 0 Å². The zero-order chi connectivity index (χ0) is 27.4. The van der Waals surface area contributed by atoms with Gasteiger partial charge in [-0.1, -0.05) is 30.5 Å². The topological polar surface area (TPSA) is 145 Å². The molecule has 3 aliphatic rings. The number of carbonyl (C=O) groups excluding carboxylic acids is 1. The molecule has 2 atom stereocenters. The number of thiophene rings is 1. The molecular weight excluding hydrogens is 579 g/mol. The van der Waals surface area contributed by atoms with Crippen LogP contribution < -0.4 is 10.0 Å². The highest BCUT2D eigenvalue weighted by molar-refractivity contribution is 7.91. The van der Waals surface area contributed by atoms with Crippen LogP contribution in [0, 0.1) is 11.7 Å². The molecule has 1 aromatic carbocycles. The summed E-state index contributed by atoms with van der Waals surface area (Å²) in [5.41, 5.74) is 0.477. The lowest BCUT2D eigenvalue weighted by atomic mass is 9.78. The van der Waals surface area contributed by atoms with Crippen LogP contribution in [0.15, 0.2) is 44.2 Å². The Morgan fingerprint density at radius 3 is 2.74 bits per heavy atom. The van der Waals surface area contributed by atoms with Crippen molar-refractivity contribution in [2.45, 2.75) is 49.7 Å². The highest BCUT2D eigenvalue weighted by atomic mass is 35.5. The molecule has 1 aromatic heterocycles. The van der Waals surface area contributed by atoms with E-state index in [1.165, 1.54) is 17.5 Å². The van der Waals surface area contributed by atoms with Crippen molar-refractivity contribution in [3.8, 4) is 0 Å². The van der Waals surface area contributed by atoms with E-state index in [-0.39, 0.29) is 56.8 Å². The fourth-order valence-corrected chi connectivity index (χ4v) is 8.38. The van der Waals surface area contributed by atoms with Gasteiger partial charge in [0.25, 0.3) is 15.9 Å². The number of amides is 1. The number of hydrogen-bond donors (Lipinski definition) is 3. The van der Waals surface area contributed by atoms with Gasteiger partial charge in [0.2, 0.25) is 10.0 Å². The second kappa shape index (κ2) is 9.90.